The molecule has 2 aromatic heterocycles. The number of fused-ring (bicyclic) bond motifs is 1. The number of alkyl halides is 3. The fourth-order valence-electron chi connectivity index (χ4n) is 3.96. The molecule has 0 amide bonds. The summed E-state index contributed by atoms with van der Waals surface area (Å²) in [6.45, 7) is 0. The van der Waals surface area contributed by atoms with E-state index in [-0.39, 0.29) is 50.9 Å². The molecule has 0 bridgehead atoms. The quantitative estimate of drug-likeness (QED) is 0.109. The molecule has 10 nitrogen and oxygen atoms in total. The molecule has 42 heavy (non-hydrogen) atoms. The van der Waals surface area contributed by atoms with E-state index in [1.165, 1.54) is 43.7 Å². The summed E-state index contributed by atoms with van der Waals surface area (Å²) < 4.78 is 53.2. The highest BCUT2D eigenvalue weighted by molar-refractivity contribution is 9.10. The maximum Gasteiger partial charge on any atom is 0.416 e. The van der Waals surface area contributed by atoms with E-state index in [2.05, 4.69) is 31.0 Å². The third-order valence-corrected chi connectivity index (χ3v) is 6.38. The number of methoxy groups -OCH3 is 1. The van der Waals surface area contributed by atoms with E-state index < -0.39 is 22.2 Å². The highest BCUT2D eigenvalue weighted by Crippen LogP contribution is 2.37. The summed E-state index contributed by atoms with van der Waals surface area (Å²) in [5, 5.41) is 15.5. The monoisotopic (exact) mass is 639 g/mol. The molecular formula is C28H17BrF3N5O5. The third-order valence-electron chi connectivity index (χ3n) is 5.92. The predicted octanol–water partition coefficient (Wildman–Crippen LogP) is 6.83. The van der Waals surface area contributed by atoms with E-state index in [0.717, 1.165) is 23.0 Å². The minimum Gasteiger partial charge on any atom is -0.493 e. The lowest BCUT2D eigenvalue weighted by Gasteiger charge is -2.14. The molecule has 2 heterocycles. The van der Waals surface area contributed by atoms with Gasteiger partial charge in [-0.1, -0.05) is 40.2 Å². The second-order valence-electron chi connectivity index (χ2n) is 8.63. The Labute approximate surface area is 243 Å². The molecule has 212 valence electrons. The highest BCUT2D eigenvalue weighted by Gasteiger charge is 2.31. The van der Waals surface area contributed by atoms with Crippen LogP contribution in [-0.2, 0) is 6.18 Å². The summed E-state index contributed by atoms with van der Waals surface area (Å²) in [6.07, 6.45) is -2.34. The normalized spacial score (nSPS) is 11.6. The lowest BCUT2D eigenvalue weighted by Crippen LogP contribution is -2.20. The van der Waals surface area contributed by atoms with Crippen LogP contribution in [0.1, 0.15) is 11.1 Å². The Bertz CT molecular complexity index is 1910. The molecule has 0 fully saturated rings. The number of pyridine rings is 1. The molecule has 3 aromatic carbocycles. The molecule has 0 N–H and O–H groups in total. The summed E-state index contributed by atoms with van der Waals surface area (Å²) in [4.78, 5) is 32.3. The molecule has 14 heteroatoms. The van der Waals surface area contributed by atoms with Gasteiger partial charge in [0.2, 0.25) is 5.88 Å². The van der Waals surface area contributed by atoms with Crippen molar-refractivity contribution in [3.63, 3.8) is 0 Å². The van der Waals surface area contributed by atoms with Crippen molar-refractivity contribution < 1.29 is 27.6 Å². The molecule has 0 radical (unpaired) electrons. The van der Waals surface area contributed by atoms with Gasteiger partial charge in [0, 0.05) is 27.7 Å². The number of hydrogen-bond acceptors (Lipinski definition) is 8. The van der Waals surface area contributed by atoms with Crippen LogP contribution in [0.2, 0.25) is 0 Å². The fraction of sp³-hybridized carbons (Fsp3) is 0.0714. The van der Waals surface area contributed by atoms with E-state index in [4.69, 9.17) is 9.47 Å². The Morgan fingerprint density at radius 3 is 2.55 bits per heavy atom. The average Bonchev–Trinajstić information content (AvgIpc) is 2.97. The third kappa shape index (κ3) is 5.83. The molecule has 0 aliphatic carbocycles. The number of rotatable bonds is 7. The van der Waals surface area contributed by atoms with Crippen LogP contribution in [0.5, 0.6) is 17.4 Å². The molecule has 0 spiro atoms. The molecule has 0 aliphatic rings. The van der Waals surface area contributed by atoms with Crippen molar-refractivity contribution in [3.05, 3.63) is 115 Å². The molecule has 5 rings (SSSR count). The number of halogens is 4. The zero-order chi connectivity index (χ0) is 30.0. The van der Waals surface area contributed by atoms with Crippen molar-refractivity contribution in [3.8, 4) is 28.8 Å². The molecule has 5 aromatic rings. The van der Waals surface area contributed by atoms with Crippen LogP contribution < -0.4 is 15.0 Å². The number of ether oxygens (including phenoxy) is 2. The van der Waals surface area contributed by atoms with Crippen LogP contribution in [-0.4, -0.2) is 32.9 Å². The van der Waals surface area contributed by atoms with Crippen LogP contribution >= 0.6 is 15.9 Å². The molecule has 0 unspecified atom stereocenters. The van der Waals surface area contributed by atoms with Crippen molar-refractivity contribution in [2.75, 3.05) is 7.11 Å². The number of nitrogens with zero attached hydrogens (tertiary/aromatic N) is 5. The van der Waals surface area contributed by atoms with Gasteiger partial charge in [-0.2, -0.15) is 22.9 Å². The van der Waals surface area contributed by atoms with Gasteiger partial charge in [-0.3, -0.25) is 14.9 Å². The minimum atomic E-state index is -4.62. The van der Waals surface area contributed by atoms with Crippen LogP contribution in [0.25, 0.3) is 22.3 Å². The van der Waals surface area contributed by atoms with Crippen LogP contribution in [0, 0.1) is 10.1 Å². The number of benzene rings is 3. The van der Waals surface area contributed by atoms with Gasteiger partial charge < -0.3 is 9.47 Å². The van der Waals surface area contributed by atoms with Gasteiger partial charge in [-0.05, 0) is 36.4 Å². The van der Waals surface area contributed by atoms with Gasteiger partial charge in [-0.15, -0.1) is 0 Å². The Kier molecular flexibility index (Phi) is 7.72. The maximum atomic E-state index is 13.5. The van der Waals surface area contributed by atoms with Gasteiger partial charge in [0.1, 0.15) is 6.20 Å². The van der Waals surface area contributed by atoms with Crippen LogP contribution in [0.3, 0.4) is 0 Å². The summed E-state index contributed by atoms with van der Waals surface area (Å²) in [6, 6.07) is 16.5. The standard InChI is InChI=1S/C28H17BrF3N5O5/c1-41-23-13-19(29)12-17(25(23)42-24-10-9-20(15-33-24)37(39)40)14-34-36-26(16-5-4-6-18(11-16)28(30,31)32)35-22-8-3-2-7-21(22)27(36)38/h2-15H,1H3. The van der Waals surface area contributed by atoms with Gasteiger partial charge in [-0.25, -0.2) is 9.97 Å². The van der Waals surface area contributed by atoms with Crippen molar-refractivity contribution >= 4 is 38.7 Å². The Hall–Kier alpha value is -5.11. The zero-order valence-electron chi connectivity index (χ0n) is 21.4. The van der Waals surface area contributed by atoms with Crippen LogP contribution in [0.4, 0.5) is 18.9 Å². The molecule has 0 saturated heterocycles. The average molecular weight is 640 g/mol. The number of para-hydroxylation sites is 1. The molecule has 0 saturated carbocycles. The van der Waals surface area contributed by atoms with Gasteiger partial charge >= 0.3 is 6.18 Å². The topological polar surface area (TPSA) is 122 Å². The first-order valence-electron chi connectivity index (χ1n) is 11.9. The molecule has 0 atom stereocenters. The first-order valence-corrected chi connectivity index (χ1v) is 12.7. The lowest BCUT2D eigenvalue weighted by molar-refractivity contribution is -0.385. The smallest absolute Gasteiger partial charge is 0.416 e. The van der Waals surface area contributed by atoms with E-state index >= 15 is 0 Å². The largest absolute Gasteiger partial charge is 0.493 e. The first-order chi connectivity index (χ1) is 20.0. The van der Waals surface area contributed by atoms with E-state index in [0.29, 0.717) is 4.47 Å². The number of hydrogen-bond donors (Lipinski definition) is 0. The van der Waals surface area contributed by atoms with Gasteiger partial charge in [0.15, 0.2) is 17.3 Å². The van der Waals surface area contributed by atoms with Gasteiger partial charge in [0.05, 0.1) is 34.7 Å². The fourth-order valence-corrected chi connectivity index (χ4v) is 4.42. The SMILES string of the molecule is COc1cc(Br)cc(C=Nn2c(-c3cccc(C(F)(F)F)c3)nc3ccccc3c2=O)c1Oc1ccc([N+](=O)[O-])cn1. The van der Waals surface area contributed by atoms with Crippen LogP contribution in [0.15, 0.2) is 93.4 Å². The second kappa shape index (κ2) is 11.4. The van der Waals surface area contributed by atoms with Crippen molar-refractivity contribution in [1.29, 1.82) is 0 Å². The second-order valence-corrected chi connectivity index (χ2v) is 9.55. The lowest BCUT2D eigenvalue weighted by atomic mass is 10.1. The Morgan fingerprint density at radius 1 is 1.07 bits per heavy atom. The van der Waals surface area contributed by atoms with Crippen molar-refractivity contribution in [2.45, 2.75) is 6.18 Å². The zero-order valence-corrected chi connectivity index (χ0v) is 23.0. The molecule has 0 aliphatic heterocycles. The Balaban J connectivity index is 1.66. The summed E-state index contributed by atoms with van der Waals surface area (Å²) in [5.74, 6) is 0.217. The Morgan fingerprint density at radius 2 is 1.86 bits per heavy atom. The highest BCUT2D eigenvalue weighted by atomic mass is 79.9. The summed E-state index contributed by atoms with van der Waals surface area (Å²) in [7, 11) is 1.39. The number of aromatic nitrogens is 3. The number of nitro groups is 1. The van der Waals surface area contributed by atoms with E-state index in [1.54, 1.807) is 30.3 Å². The van der Waals surface area contributed by atoms with Crippen molar-refractivity contribution in [2.24, 2.45) is 5.10 Å². The van der Waals surface area contributed by atoms with Gasteiger partial charge in [0.25, 0.3) is 11.2 Å². The maximum absolute atomic E-state index is 13.5. The summed E-state index contributed by atoms with van der Waals surface area (Å²) in [5.41, 5.74) is -1.21. The minimum absolute atomic E-state index is 0.00469. The van der Waals surface area contributed by atoms with E-state index in [9.17, 15) is 28.1 Å². The molecular weight excluding hydrogens is 623 g/mol. The van der Waals surface area contributed by atoms with E-state index in [1.807, 2.05) is 0 Å². The van der Waals surface area contributed by atoms with Crippen molar-refractivity contribution in [1.82, 2.24) is 14.6 Å². The first kappa shape index (κ1) is 28.4. The predicted molar refractivity (Wildman–Crippen MR) is 151 cm³/mol. The summed E-state index contributed by atoms with van der Waals surface area (Å²) >= 11 is 3.37.